The molecule has 1 atom stereocenters. The Balaban J connectivity index is 1.88. The summed E-state index contributed by atoms with van der Waals surface area (Å²) in [6.07, 6.45) is 0. The number of hydrogen-bond acceptors (Lipinski definition) is 6. The molecule has 10 heteroatoms. The second kappa shape index (κ2) is 7.44. The van der Waals surface area contributed by atoms with Gasteiger partial charge < -0.3 is 4.74 Å². The van der Waals surface area contributed by atoms with Crippen LogP contribution in [-0.4, -0.2) is 35.1 Å². The molecule has 0 aromatic heterocycles. The summed E-state index contributed by atoms with van der Waals surface area (Å²) in [4.78, 5) is 12.1. The summed E-state index contributed by atoms with van der Waals surface area (Å²) >= 11 is 0. The van der Waals surface area contributed by atoms with Gasteiger partial charge in [-0.25, -0.2) is 21.1 Å². The molecule has 1 aliphatic rings. The Kier molecular flexibility index (Phi) is 5.35. The number of carbonyl (C=O) groups is 1. The smallest absolute Gasteiger partial charge is 0.262 e. The highest BCUT2D eigenvalue weighted by atomic mass is 32.2. The molecule has 0 spiro atoms. The van der Waals surface area contributed by atoms with Crippen molar-refractivity contribution in [3.05, 3.63) is 48.5 Å². The number of rotatable bonds is 6. The van der Waals surface area contributed by atoms with Gasteiger partial charge in [0.15, 0.2) is 0 Å². The van der Waals surface area contributed by atoms with Crippen LogP contribution in [0.3, 0.4) is 0 Å². The number of sulfonamides is 2. The predicted octanol–water partition coefficient (Wildman–Crippen LogP) is 2.20. The maximum Gasteiger partial charge on any atom is 0.262 e. The molecule has 0 bridgehead atoms. The lowest BCUT2D eigenvalue weighted by molar-refractivity contribution is -0.119. The lowest BCUT2D eigenvalue weighted by atomic mass is 10.2. The first-order valence-electron chi connectivity index (χ1n) is 8.57. The van der Waals surface area contributed by atoms with E-state index >= 15 is 0 Å². The largest absolute Gasteiger partial charge is 0.492 e. The highest BCUT2D eigenvalue weighted by Gasteiger charge is 2.41. The molecule has 0 aliphatic carbocycles. The van der Waals surface area contributed by atoms with E-state index in [0.717, 1.165) is 4.31 Å². The minimum atomic E-state index is -3.93. The topological polar surface area (TPSA) is 110 Å². The van der Waals surface area contributed by atoms with Gasteiger partial charge >= 0.3 is 0 Å². The van der Waals surface area contributed by atoms with Crippen LogP contribution in [0.4, 0.5) is 11.4 Å². The first kappa shape index (κ1) is 20.2. The molecule has 2 aromatic rings. The number of benzene rings is 2. The van der Waals surface area contributed by atoms with E-state index in [1.165, 1.54) is 24.3 Å². The van der Waals surface area contributed by atoms with Gasteiger partial charge in [0.2, 0.25) is 15.9 Å². The summed E-state index contributed by atoms with van der Waals surface area (Å²) in [6, 6.07) is 11.7. The van der Waals surface area contributed by atoms with E-state index < -0.39 is 31.9 Å². The van der Waals surface area contributed by atoms with Crippen LogP contribution < -0.4 is 13.8 Å². The molecule has 2 aromatic carbocycles. The van der Waals surface area contributed by atoms with E-state index in [0.29, 0.717) is 18.0 Å². The number of nitrogens with one attached hydrogen (secondary N) is 1. The monoisotopic (exact) mass is 424 g/mol. The van der Waals surface area contributed by atoms with E-state index in [2.05, 4.69) is 4.72 Å². The summed E-state index contributed by atoms with van der Waals surface area (Å²) in [6.45, 7) is 3.71. The van der Waals surface area contributed by atoms with Crippen molar-refractivity contribution in [1.82, 2.24) is 0 Å². The molecule has 1 aliphatic heterocycles. The van der Waals surface area contributed by atoms with Gasteiger partial charge in [0, 0.05) is 0 Å². The molecule has 150 valence electrons. The van der Waals surface area contributed by atoms with E-state index in [4.69, 9.17) is 4.74 Å². The van der Waals surface area contributed by atoms with Gasteiger partial charge in [0.1, 0.15) is 5.75 Å². The molecule has 1 amide bonds. The van der Waals surface area contributed by atoms with Crippen LogP contribution in [0.1, 0.15) is 13.8 Å². The van der Waals surface area contributed by atoms with E-state index in [-0.39, 0.29) is 16.3 Å². The van der Waals surface area contributed by atoms with E-state index in [9.17, 15) is 21.6 Å². The summed E-state index contributed by atoms with van der Waals surface area (Å²) in [5.41, 5.74) is 0.405. The zero-order chi connectivity index (χ0) is 20.5. The average molecular weight is 425 g/mol. The highest BCUT2D eigenvalue weighted by Crippen LogP contribution is 2.30. The Morgan fingerprint density at radius 1 is 1.14 bits per heavy atom. The highest BCUT2D eigenvalue weighted by molar-refractivity contribution is 7.94. The van der Waals surface area contributed by atoms with Gasteiger partial charge in [-0.15, -0.1) is 0 Å². The summed E-state index contributed by atoms with van der Waals surface area (Å²) < 4.78 is 58.3. The molecular formula is C18H20N2O6S2. The van der Waals surface area contributed by atoms with Gasteiger partial charge in [-0.1, -0.05) is 19.1 Å². The second-order valence-electron chi connectivity index (χ2n) is 6.31. The molecule has 1 N–H and O–H groups in total. The van der Waals surface area contributed by atoms with Crippen LogP contribution in [0.2, 0.25) is 0 Å². The van der Waals surface area contributed by atoms with Crippen molar-refractivity contribution < 1.29 is 26.4 Å². The van der Waals surface area contributed by atoms with Crippen LogP contribution in [0.25, 0.3) is 0 Å². The van der Waals surface area contributed by atoms with E-state index in [1.54, 1.807) is 38.1 Å². The van der Waals surface area contributed by atoms with Gasteiger partial charge in [0.25, 0.3) is 10.0 Å². The Hall–Kier alpha value is -2.59. The van der Waals surface area contributed by atoms with Crippen LogP contribution in [0.15, 0.2) is 53.4 Å². The Bertz CT molecular complexity index is 1100. The molecule has 8 nitrogen and oxygen atoms in total. The fourth-order valence-electron chi connectivity index (χ4n) is 2.88. The third kappa shape index (κ3) is 3.83. The zero-order valence-electron chi connectivity index (χ0n) is 15.3. The van der Waals surface area contributed by atoms with Gasteiger partial charge in [-0.05, 0) is 43.3 Å². The lowest BCUT2D eigenvalue weighted by Gasteiger charge is -2.16. The predicted molar refractivity (Wildman–Crippen MR) is 105 cm³/mol. The molecule has 0 saturated carbocycles. The van der Waals surface area contributed by atoms with Crippen LogP contribution in [0, 0.1) is 5.92 Å². The zero-order valence-corrected chi connectivity index (χ0v) is 17.0. The van der Waals surface area contributed by atoms with Crippen LogP contribution >= 0.6 is 0 Å². The van der Waals surface area contributed by atoms with Crippen molar-refractivity contribution in [2.75, 3.05) is 21.4 Å². The third-order valence-electron chi connectivity index (χ3n) is 4.17. The first-order valence-corrected chi connectivity index (χ1v) is 11.7. The molecule has 1 heterocycles. The number of ether oxygens (including phenoxy) is 1. The maximum absolute atomic E-state index is 12.7. The van der Waals surface area contributed by atoms with E-state index in [1.807, 2.05) is 0 Å². The number of hydrogen-bond donors (Lipinski definition) is 1. The summed E-state index contributed by atoms with van der Waals surface area (Å²) in [7, 11) is -7.68. The third-order valence-corrected chi connectivity index (χ3v) is 7.42. The lowest BCUT2D eigenvalue weighted by Crippen LogP contribution is -2.30. The molecule has 28 heavy (non-hydrogen) atoms. The number of carbonyl (C=O) groups excluding carboxylic acids is 1. The normalized spacial score (nSPS) is 18.9. The number of para-hydroxylation sites is 2. The minimum Gasteiger partial charge on any atom is -0.492 e. The second-order valence-corrected chi connectivity index (χ2v) is 9.86. The SMILES string of the molecule is CCOc1ccccc1NS(=O)(=O)c1ccc(N2C(=O)[C@@H](C)CS2(=O)=O)cc1. The Morgan fingerprint density at radius 2 is 1.79 bits per heavy atom. The van der Waals surface area contributed by atoms with Crippen LogP contribution in [0.5, 0.6) is 5.75 Å². The van der Waals surface area contributed by atoms with Crippen molar-refractivity contribution in [3.8, 4) is 5.75 Å². The molecule has 0 radical (unpaired) electrons. The van der Waals surface area contributed by atoms with Crippen molar-refractivity contribution >= 4 is 37.3 Å². The van der Waals surface area contributed by atoms with Crippen molar-refractivity contribution in [3.63, 3.8) is 0 Å². The molecule has 0 unspecified atom stereocenters. The summed E-state index contributed by atoms with van der Waals surface area (Å²) in [5, 5.41) is 0. The Labute approximate surface area is 164 Å². The van der Waals surface area contributed by atoms with Crippen molar-refractivity contribution in [1.29, 1.82) is 0 Å². The maximum atomic E-state index is 12.7. The minimum absolute atomic E-state index is 0.0698. The van der Waals surface area contributed by atoms with Gasteiger partial charge in [0.05, 0.1) is 34.5 Å². The fourth-order valence-corrected chi connectivity index (χ4v) is 5.77. The average Bonchev–Trinajstić information content (AvgIpc) is 2.84. The molecule has 3 rings (SSSR count). The standard InChI is InChI=1S/C18H20N2O6S2/c1-3-26-17-7-5-4-6-16(17)19-28(24,25)15-10-8-14(9-11-15)20-18(21)13(2)12-27(20,22)23/h4-11,13,19H,3,12H2,1-2H3/t13-/m0/s1. The van der Waals surface area contributed by atoms with Gasteiger partial charge in [-0.2, -0.15) is 0 Å². The molecule has 1 fully saturated rings. The Morgan fingerprint density at radius 3 is 2.36 bits per heavy atom. The quantitative estimate of drug-likeness (QED) is 0.761. The first-order chi connectivity index (χ1) is 13.2. The van der Waals surface area contributed by atoms with Crippen molar-refractivity contribution in [2.24, 2.45) is 5.92 Å². The van der Waals surface area contributed by atoms with Crippen LogP contribution in [-0.2, 0) is 24.8 Å². The number of amides is 1. The number of anilines is 2. The molecule has 1 saturated heterocycles. The van der Waals surface area contributed by atoms with Crippen molar-refractivity contribution in [2.45, 2.75) is 18.7 Å². The fraction of sp³-hybridized carbons (Fsp3) is 0.278. The molecular weight excluding hydrogens is 404 g/mol. The summed E-state index contributed by atoms with van der Waals surface area (Å²) in [5.74, 6) is -1.03. The number of nitrogens with zero attached hydrogens (tertiary/aromatic N) is 1. The van der Waals surface area contributed by atoms with Gasteiger partial charge in [-0.3, -0.25) is 9.52 Å².